The summed E-state index contributed by atoms with van der Waals surface area (Å²) in [5, 5.41) is 6.02. The SMILES string of the molecule is Cc1csc(N2CCC(NC(=O)C#Cc3cccc(F)c3)CC2)n1. The van der Waals surface area contributed by atoms with Crippen LogP contribution in [0.5, 0.6) is 0 Å². The zero-order valence-corrected chi connectivity index (χ0v) is 14.2. The van der Waals surface area contributed by atoms with Gasteiger partial charge >= 0.3 is 0 Å². The first kappa shape index (κ1) is 16.5. The fourth-order valence-electron chi connectivity index (χ4n) is 2.62. The minimum Gasteiger partial charge on any atom is -0.348 e. The molecule has 0 bridgehead atoms. The van der Waals surface area contributed by atoms with Gasteiger partial charge in [-0.05, 0) is 38.0 Å². The first-order valence-corrected chi connectivity index (χ1v) is 8.73. The van der Waals surface area contributed by atoms with Crippen molar-refractivity contribution >= 4 is 22.4 Å². The second kappa shape index (κ2) is 7.45. The third kappa shape index (κ3) is 4.33. The lowest BCUT2D eigenvalue weighted by Crippen LogP contribution is -2.44. The van der Waals surface area contributed by atoms with Gasteiger partial charge in [-0.2, -0.15) is 0 Å². The Kier molecular flexibility index (Phi) is 5.11. The number of aromatic nitrogens is 1. The number of rotatable bonds is 2. The summed E-state index contributed by atoms with van der Waals surface area (Å²) in [7, 11) is 0. The predicted octanol–water partition coefficient (Wildman–Crippen LogP) is 2.73. The van der Waals surface area contributed by atoms with Crippen molar-refractivity contribution in [2.24, 2.45) is 0 Å². The highest BCUT2D eigenvalue weighted by atomic mass is 32.1. The largest absolute Gasteiger partial charge is 0.348 e. The molecule has 0 unspecified atom stereocenters. The first-order valence-electron chi connectivity index (χ1n) is 7.85. The fourth-order valence-corrected chi connectivity index (χ4v) is 3.48. The number of amides is 1. The molecule has 24 heavy (non-hydrogen) atoms. The second-order valence-corrected chi connectivity index (χ2v) is 6.60. The van der Waals surface area contributed by atoms with E-state index in [9.17, 15) is 9.18 Å². The van der Waals surface area contributed by atoms with Crippen LogP contribution in [0.25, 0.3) is 0 Å². The second-order valence-electron chi connectivity index (χ2n) is 5.77. The van der Waals surface area contributed by atoms with E-state index in [0.717, 1.165) is 36.8 Å². The van der Waals surface area contributed by atoms with Crippen LogP contribution in [0.3, 0.4) is 0 Å². The van der Waals surface area contributed by atoms with Crippen molar-refractivity contribution in [3.8, 4) is 11.8 Å². The van der Waals surface area contributed by atoms with E-state index in [1.54, 1.807) is 23.5 Å². The molecule has 3 rings (SSSR count). The van der Waals surface area contributed by atoms with Crippen LogP contribution in [-0.4, -0.2) is 30.0 Å². The van der Waals surface area contributed by atoms with Gasteiger partial charge in [0.25, 0.3) is 5.91 Å². The van der Waals surface area contributed by atoms with Crippen LogP contribution in [0.1, 0.15) is 24.1 Å². The first-order chi connectivity index (χ1) is 11.6. The number of anilines is 1. The van der Waals surface area contributed by atoms with E-state index < -0.39 is 0 Å². The number of carbonyl (C=O) groups is 1. The van der Waals surface area contributed by atoms with Crippen LogP contribution in [0.15, 0.2) is 29.6 Å². The lowest BCUT2D eigenvalue weighted by Gasteiger charge is -2.31. The van der Waals surface area contributed by atoms with Crippen LogP contribution < -0.4 is 10.2 Å². The van der Waals surface area contributed by atoms with Crippen LogP contribution in [0.4, 0.5) is 9.52 Å². The number of hydrogen-bond acceptors (Lipinski definition) is 4. The zero-order chi connectivity index (χ0) is 16.9. The Morgan fingerprint density at radius 1 is 1.42 bits per heavy atom. The van der Waals surface area contributed by atoms with Gasteiger partial charge in [-0.15, -0.1) is 11.3 Å². The number of piperidine rings is 1. The molecule has 1 N–H and O–H groups in total. The molecule has 1 saturated heterocycles. The highest BCUT2D eigenvalue weighted by molar-refractivity contribution is 7.13. The van der Waals surface area contributed by atoms with Crippen LogP contribution in [0.2, 0.25) is 0 Å². The van der Waals surface area contributed by atoms with Crippen molar-refractivity contribution < 1.29 is 9.18 Å². The average molecular weight is 343 g/mol. The summed E-state index contributed by atoms with van der Waals surface area (Å²) in [5.41, 5.74) is 1.54. The van der Waals surface area contributed by atoms with Gasteiger partial charge in [0, 0.05) is 36.0 Å². The molecule has 0 spiro atoms. The Morgan fingerprint density at radius 3 is 2.88 bits per heavy atom. The minimum absolute atomic E-state index is 0.122. The van der Waals surface area contributed by atoms with Gasteiger partial charge in [-0.3, -0.25) is 4.79 Å². The van der Waals surface area contributed by atoms with Crippen LogP contribution in [0, 0.1) is 24.6 Å². The van der Waals surface area contributed by atoms with Gasteiger partial charge in [0.15, 0.2) is 5.13 Å². The van der Waals surface area contributed by atoms with E-state index in [2.05, 4.69) is 27.0 Å². The summed E-state index contributed by atoms with van der Waals surface area (Å²) in [6.45, 7) is 3.73. The molecule has 2 aromatic rings. The lowest BCUT2D eigenvalue weighted by molar-refractivity contribution is -0.116. The Hall–Kier alpha value is -2.39. The Bertz CT molecular complexity index is 785. The third-order valence-corrected chi connectivity index (χ3v) is 4.87. The Labute approximate surface area is 144 Å². The van der Waals surface area contributed by atoms with Gasteiger partial charge in [-0.1, -0.05) is 12.0 Å². The van der Waals surface area contributed by atoms with Gasteiger partial charge in [-0.25, -0.2) is 9.37 Å². The summed E-state index contributed by atoms with van der Waals surface area (Å²) < 4.78 is 13.1. The number of halogens is 1. The molecule has 1 aromatic carbocycles. The maximum Gasteiger partial charge on any atom is 0.296 e. The Morgan fingerprint density at radius 2 is 2.21 bits per heavy atom. The molecule has 4 nitrogen and oxygen atoms in total. The van der Waals surface area contributed by atoms with Gasteiger partial charge in [0.1, 0.15) is 5.82 Å². The summed E-state index contributed by atoms with van der Waals surface area (Å²) in [6, 6.07) is 6.04. The van der Waals surface area contributed by atoms with Gasteiger partial charge in [0.05, 0.1) is 5.69 Å². The molecule has 0 aliphatic carbocycles. The van der Waals surface area contributed by atoms with Crippen molar-refractivity contribution in [3.63, 3.8) is 0 Å². The van der Waals surface area contributed by atoms with E-state index in [0.29, 0.717) is 5.56 Å². The topological polar surface area (TPSA) is 45.2 Å². The third-order valence-electron chi connectivity index (χ3n) is 3.85. The number of nitrogens with zero attached hydrogens (tertiary/aromatic N) is 2. The van der Waals surface area contributed by atoms with Crippen LogP contribution in [-0.2, 0) is 4.79 Å². The number of hydrogen-bond donors (Lipinski definition) is 1. The number of benzene rings is 1. The molecule has 0 saturated carbocycles. The number of aryl methyl sites for hydroxylation is 1. The van der Waals surface area contributed by atoms with E-state index in [1.165, 1.54) is 12.1 Å². The number of carbonyl (C=O) groups excluding carboxylic acids is 1. The molecule has 0 radical (unpaired) electrons. The van der Waals surface area contributed by atoms with E-state index in [4.69, 9.17) is 0 Å². The maximum absolute atomic E-state index is 13.1. The highest BCUT2D eigenvalue weighted by Gasteiger charge is 2.21. The molecule has 6 heteroatoms. The normalized spacial score (nSPS) is 14.8. The molecule has 1 aromatic heterocycles. The molecule has 0 atom stereocenters. The molecule has 1 fully saturated rings. The Balaban J connectivity index is 1.50. The molecule has 124 valence electrons. The molecule has 1 aliphatic heterocycles. The zero-order valence-electron chi connectivity index (χ0n) is 13.4. The molecular formula is C18H18FN3OS. The highest BCUT2D eigenvalue weighted by Crippen LogP contribution is 2.23. The fraction of sp³-hybridized carbons (Fsp3) is 0.333. The monoisotopic (exact) mass is 343 g/mol. The maximum atomic E-state index is 13.1. The van der Waals surface area contributed by atoms with Gasteiger partial charge in [0.2, 0.25) is 0 Å². The molecule has 1 amide bonds. The number of thiazole rings is 1. The van der Waals surface area contributed by atoms with E-state index in [1.807, 2.05) is 12.3 Å². The average Bonchev–Trinajstić information content (AvgIpc) is 3.00. The van der Waals surface area contributed by atoms with Crippen molar-refractivity contribution in [3.05, 3.63) is 46.7 Å². The van der Waals surface area contributed by atoms with Crippen molar-refractivity contribution in [1.82, 2.24) is 10.3 Å². The van der Waals surface area contributed by atoms with Crippen molar-refractivity contribution in [2.45, 2.75) is 25.8 Å². The van der Waals surface area contributed by atoms with Gasteiger partial charge < -0.3 is 10.2 Å². The molecule has 2 heterocycles. The van der Waals surface area contributed by atoms with Crippen LogP contribution >= 0.6 is 11.3 Å². The van der Waals surface area contributed by atoms with Crippen molar-refractivity contribution in [1.29, 1.82) is 0 Å². The van der Waals surface area contributed by atoms with E-state index in [-0.39, 0.29) is 17.8 Å². The van der Waals surface area contributed by atoms with Crippen molar-refractivity contribution in [2.75, 3.05) is 18.0 Å². The number of nitrogens with one attached hydrogen (secondary N) is 1. The van der Waals surface area contributed by atoms with E-state index >= 15 is 0 Å². The summed E-state index contributed by atoms with van der Waals surface area (Å²) in [4.78, 5) is 18.7. The predicted molar refractivity (Wildman–Crippen MR) is 93.5 cm³/mol. The molecular weight excluding hydrogens is 325 g/mol. The quantitative estimate of drug-likeness (QED) is 0.853. The summed E-state index contributed by atoms with van der Waals surface area (Å²) in [6.07, 6.45) is 1.73. The lowest BCUT2D eigenvalue weighted by atomic mass is 10.1. The smallest absolute Gasteiger partial charge is 0.296 e. The standard InChI is InChI=1S/C18H18FN3OS/c1-13-12-24-18(20-13)22-9-7-16(8-10-22)21-17(23)6-5-14-3-2-4-15(19)11-14/h2-4,11-12,16H,7-10H2,1H3,(H,21,23). The molecule has 1 aliphatic rings. The summed E-state index contributed by atoms with van der Waals surface area (Å²) >= 11 is 1.65. The summed E-state index contributed by atoms with van der Waals surface area (Å²) in [5.74, 6) is 4.55. The minimum atomic E-state index is -0.355.